The van der Waals surface area contributed by atoms with Crippen molar-refractivity contribution < 1.29 is 0 Å². The third kappa shape index (κ3) is 3.64. The van der Waals surface area contributed by atoms with E-state index in [1.165, 1.54) is 18.4 Å². The fourth-order valence-corrected chi connectivity index (χ4v) is 3.28. The Morgan fingerprint density at radius 1 is 1.33 bits per heavy atom. The van der Waals surface area contributed by atoms with Gasteiger partial charge in [0.15, 0.2) is 0 Å². The Morgan fingerprint density at radius 2 is 2.10 bits per heavy atom. The Morgan fingerprint density at radius 3 is 2.67 bits per heavy atom. The van der Waals surface area contributed by atoms with Gasteiger partial charge in [0.1, 0.15) is 16.2 Å². The normalized spacial score (nSPS) is 15.2. The largest absolute Gasteiger partial charge is 0.349 e. The van der Waals surface area contributed by atoms with Crippen molar-refractivity contribution >= 4 is 33.1 Å². The summed E-state index contributed by atoms with van der Waals surface area (Å²) in [7, 11) is 0. The summed E-state index contributed by atoms with van der Waals surface area (Å²) < 4.78 is 0.869. The summed E-state index contributed by atoms with van der Waals surface area (Å²) in [6, 6.07) is 4.86. The van der Waals surface area contributed by atoms with Gasteiger partial charge in [-0.05, 0) is 51.2 Å². The summed E-state index contributed by atoms with van der Waals surface area (Å²) in [5.41, 5.74) is 1.31. The lowest BCUT2D eigenvalue weighted by molar-refractivity contribution is 0.541. The Kier molecular flexibility index (Phi) is 4.06. The number of rotatable bonds is 4. The monoisotopic (exact) mass is 365 g/mol. The highest BCUT2D eigenvalue weighted by atomic mass is 79.9. The van der Waals surface area contributed by atoms with Crippen molar-refractivity contribution in [2.75, 3.05) is 4.90 Å². The van der Waals surface area contributed by atoms with E-state index in [1.54, 1.807) is 11.3 Å². The van der Waals surface area contributed by atoms with E-state index in [4.69, 9.17) is 4.98 Å². The summed E-state index contributed by atoms with van der Waals surface area (Å²) in [6.45, 7) is 7.39. The average Bonchev–Trinajstić information content (AvgIpc) is 3.11. The quantitative estimate of drug-likeness (QED) is 0.730. The second-order valence-corrected chi connectivity index (χ2v) is 8.21. The van der Waals surface area contributed by atoms with Gasteiger partial charge in [0.25, 0.3) is 0 Å². The second-order valence-electron chi connectivity index (χ2n) is 6.61. The van der Waals surface area contributed by atoms with E-state index in [1.807, 2.05) is 6.07 Å². The first-order chi connectivity index (χ1) is 9.93. The van der Waals surface area contributed by atoms with Crippen molar-refractivity contribution in [2.24, 2.45) is 0 Å². The lowest BCUT2D eigenvalue weighted by atomic mass is 9.96. The molecule has 1 aliphatic carbocycles. The number of anilines is 1. The van der Waals surface area contributed by atoms with Crippen molar-refractivity contribution in [2.45, 2.75) is 51.6 Å². The molecular weight excluding hydrogens is 346 g/mol. The molecule has 0 N–H and O–H groups in total. The van der Waals surface area contributed by atoms with E-state index in [0.717, 1.165) is 22.8 Å². The number of halogens is 1. The first-order valence-corrected chi connectivity index (χ1v) is 9.00. The average molecular weight is 366 g/mol. The maximum absolute atomic E-state index is 4.84. The zero-order valence-corrected chi connectivity index (χ0v) is 15.0. The smallest absolute Gasteiger partial charge is 0.137 e. The van der Waals surface area contributed by atoms with Gasteiger partial charge in [-0.15, -0.1) is 0 Å². The van der Waals surface area contributed by atoms with Gasteiger partial charge >= 0.3 is 0 Å². The highest BCUT2D eigenvalue weighted by Gasteiger charge is 2.31. The van der Waals surface area contributed by atoms with Gasteiger partial charge in [-0.2, -0.15) is 11.3 Å². The van der Waals surface area contributed by atoms with Crippen LogP contribution in [0.25, 0.3) is 0 Å². The summed E-state index contributed by atoms with van der Waals surface area (Å²) >= 11 is 5.30. The summed E-state index contributed by atoms with van der Waals surface area (Å²) in [6.07, 6.45) is 2.52. The molecule has 3 nitrogen and oxygen atoms in total. The van der Waals surface area contributed by atoms with Crippen molar-refractivity contribution in [3.8, 4) is 0 Å². The zero-order valence-electron chi connectivity index (χ0n) is 12.6. The molecule has 3 rings (SSSR count). The van der Waals surface area contributed by atoms with Gasteiger partial charge in [0.05, 0.1) is 0 Å². The SMILES string of the molecule is CC(C)(C)c1nc(Br)cc(N(Cc2ccsc2)C2CC2)n1. The molecule has 0 unspecified atom stereocenters. The van der Waals surface area contributed by atoms with Crippen LogP contribution in [0.4, 0.5) is 5.82 Å². The van der Waals surface area contributed by atoms with Crippen LogP contribution >= 0.6 is 27.3 Å². The van der Waals surface area contributed by atoms with Gasteiger partial charge in [-0.25, -0.2) is 9.97 Å². The lowest BCUT2D eigenvalue weighted by Crippen LogP contribution is -2.27. The van der Waals surface area contributed by atoms with Crippen LogP contribution in [0, 0.1) is 0 Å². The summed E-state index contributed by atoms with van der Waals surface area (Å²) in [4.78, 5) is 11.8. The van der Waals surface area contributed by atoms with E-state index in [-0.39, 0.29) is 5.41 Å². The van der Waals surface area contributed by atoms with Gasteiger partial charge in [0.2, 0.25) is 0 Å². The fourth-order valence-electron chi connectivity index (χ4n) is 2.25. The number of nitrogens with zero attached hydrogens (tertiary/aromatic N) is 3. The third-order valence-electron chi connectivity index (χ3n) is 3.57. The molecule has 0 radical (unpaired) electrons. The van der Waals surface area contributed by atoms with E-state index in [9.17, 15) is 0 Å². The minimum Gasteiger partial charge on any atom is -0.349 e. The van der Waals surface area contributed by atoms with Crippen molar-refractivity contribution in [3.05, 3.63) is 38.9 Å². The molecule has 1 aliphatic rings. The minimum absolute atomic E-state index is 0.0455. The zero-order chi connectivity index (χ0) is 15.0. The van der Waals surface area contributed by atoms with Crippen LogP contribution in [0.2, 0.25) is 0 Å². The molecule has 0 spiro atoms. The molecule has 112 valence electrons. The number of aromatic nitrogens is 2. The van der Waals surface area contributed by atoms with Gasteiger partial charge in [-0.1, -0.05) is 20.8 Å². The van der Waals surface area contributed by atoms with Crippen LogP contribution in [0.3, 0.4) is 0 Å². The van der Waals surface area contributed by atoms with Crippen LogP contribution < -0.4 is 4.90 Å². The van der Waals surface area contributed by atoms with Crippen molar-refractivity contribution in [1.82, 2.24) is 9.97 Å². The predicted molar refractivity (Wildman–Crippen MR) is 92.0 cm³/mol. The molecule has 0 atom stereocenters. The molecule has 5 heteroatoms. The van der Waals surface area contributed by atoms with E-state index in [0.29, 0.717) is 6.04 Å². The highest BCUT2D eigenvalue weighted by molar-refractivity contribution is 9.10. The van der Waals surface area contributed by atoms with Gasteiger partial charge in [-0.3, -0.25) is 0 Å². The Hall–Kier alpha value is -0.940. The summed E-state index contributed by atoms with van der Waals surface area (Å²) in [5.74, 6) is 1.93. The molecule has 21 heavy (non-hydrogen) atoms. The molecule has 2 heterocycles. The van der Waals surface area contributed by atoms with E-state index in [2.05, 4.69) is 63.4 Å². The molecular formula is C16H20BrN3S. The summed E-state index contributed by atoms with van der Waals surface area (Å²) in [5, 5.41) is 4.35. The maximum atomic E-state index is 4.84. The molecule has 2 aromatic heterocycles. The predicted octanol–water partition coefficient (Wildman–Crippen LogP) is 4.77. The number of thiophene rings is 1. The highest BCUT2D eigenvalue weighted by Crippen LogP contribution is 2.34. The van der Waals surface area contributed by atoms with E-state index < -0.39 is 0 Å². The van der Waals surface area contributed by atoms with Crippen LogP contribution in [-0.4, -0.2) is 16.0 Å². The molecule has 1 saturated carbocycles. The molecule has 0 amide bonds. The fraction of sp³-hybridized carbons (Fsp3) is 0.500. The maximum Gasteiger partial charge on any atom is 0.137 e. The molecule has 0 aromatic carbocycles. The third-order valence-corrected chi connectivity index (χ3v) is 4.71. The van der Waals surface area contributed by atoms with Crippen LogP contribution in [0.15, 0.2) is 27.5 Å². The number of hydrogen-bond donors (Lipinski definition) is 0. The molecule has 1 fully saturated rings. The Balaban J connectivity index is 1.94. The van der Waals surface area contributed by atoms with Gasteiger partial charge in [0, 0.05) is 24.1 Å². The lowest BCUT2D eigenvalue weighted by Gasteiger charge is -2.25. The van der Waals surface area contributed by atoms with E-state index >= 15 is 0 Å². The molecule has 0 saturated heterocycles. The van der Waals surface area contributed by atoms with Crippen LogP contribution in [-0.2, 0) is 12.0 Å². The standard InChI is InChI=1S/C16H20BrN3S/c1-16(2,3)15-18-13(17)8-14(19-15)20(12-4-5-12)9-11-6-7-21-10-11/h6-8,10,12H,4-5,9H2,1-3H3. The minimum atomic E-state index is -0.0455. The second kappa shape index (κ2) is 5.69. The molecule has 0 bridgehead atoms. The Labute approximate surface area is 138 Å². The van der Waals surface area contributed by atoms with Crippen molar-refractivity contribution in [3.63, 3.8) is 0 Å². The number of hydrogen-bond acceptors (Lipinski definition) is 4. The first kappa shape index (κ1) is 15.0. The van der Waals surface area contributed by atoms with Gasteiger partial charge < -0.3 is 4.90 Å². The topological polar surface area (TPSA) is 29.0 Å². The first-order valence-electron chi connectivity index (χ1n) is 7.26. The van der Waals surface area contributed by atoms with Crippen LogP contribution in [0.5, 0.6) is 0 Å². The Bertz CT molecular complexity index is 615. The van der Waals surface area contributed by atoms with Crippen LogP contribution in [0.1, 0.15) is 45.0 Å². The van der Waals surface area contributed by atoms with Crippen molar-refractivity contribution in [1.29, 1.82) is 0 Å². The molecule has 2 aromatic rings. The molecule has 0 aliphatic heterocycles.